The Kier molecular flexibility index (Phi) is 4.70. The van der Waals surface area contributed by atoms with E-state index in [1.165, 1.54) is 19.4 Å². The second-order valence-electron chi connectivity index (χ2n) is 3.90. The average molecular weight is 186 g/mol. The van der Waals surface area contributed by atoms with Gasteiger partial charge in [-0.05, 0) is 33.4 Å². The van der Waals surface area contributed by atoms with Crippen LogP contribution >= 0.6 is 0 Å². The summed E-state index contributed by atoms with van der Waals surface area (Å²) < 4.78 is 5.18. The lowest BCUT2D eigenvalue weighted by molar-refractivity contribution is 0.0915. The van der Waals surface area contributed by atoms with Crippen molar-refractivity contribution in [3.8, 4) is 0 Å². The molecular formula is C10H22N2O. The molecule has 0 saturated carbocycles. The Morgan fingerprint density at radius 2 is 2.38 bits per heavy atom. The number of nitrogens with zero attached hydrogens (tertiary/aromatic N) is 1. The zero-order valence-electron chi connectivity index (χ0n) is 9.05. The van der Waals surface area contributed by atoms with Crippen LogP contribution in [0.3, 0.4) is 0 Å². The van der Waals surface area contributed by atoms with Gasteiger partial charge in [-0.25, -0.2) is 0 Å². The summed E-state index contributed by atoms with van der Waals surface area (Å²) in [7, 11) is 3.80. The number of ether oxygens (including phenoxy) is 1. The van der Waals surface area contributed by atoms with E-state index < -0.39 is 0 Å². The molecule has 1 aliphatic rings. The molecule has 1 aliphatic heterocycles. The third-order valence-corrected chi connectivity index (χ3v) is 2.84. The molecule has 0 aromatic heterocycles. The number of rotatable bonds is 5. The van der Waals surface area contributed by atoms with Crippen molar-refractivity contribution in [2.45, 2.75) is 31.8 Å². The maximum Gasteiger partial charge on any atom is 0.0615 e. The highest BCUT2D eigenvalue weighted by molar-refractivity contribution is 4.83. The normalized spacial score (nSPS) is 26.5. The molecular weight excluding hydrogens is 164 g/mol. The van der Waals surface area contributed by atoms with Crippen LogP contribution in [-0.2, 0) is 4.74 Å². The van der Waals surface area contributed by atoms with Crippen LogP contribution in [-0.4, -0.2) is 50.8 Å². The predicted octanol–water partition coefficient (Wildman–Crippen LogP) is 0.705. The molecule has 1 N–H and O–H groups in total. The lowest BCUT2D eigenvalue weighted by Crippen LogP contribution is -2.43. The van der Waals surface area contributed by atoms with Crippen LogP contribution in [0.5, 0.6) is 0 Å². The summed E-state index contributed by atoms with van der Waals surface area (Å²) in [5, 5.41) is 3.25. The average Bonchev–Trinajstić information content (AvgIpc) is 2.54. The van der Waals surface area contributed by atoms with Crippen molar-refractivity contribution < 1.29 is 4.74 Å². The molecule has 3 heteroatoms. The Morgan fingerprint density at radius 3 is 3.00 bits per heavy atom. The summed E-state index contributed by atoms with van der Waals surface area (Å²) in [6.07, 6.45) is 2.66. The summed E-state index contributed by atoms with van der Waals surface area (Å²) in [5.41, 5.74) is 0. The Hall–Kier alpha value is -0.120. The maximum atomic E-state index is 5.18. The molecule has 78 valence electrons. The molecule has 0 aliphatic carbocycles. The highest BCUT2D eigenvalue weighted by Crippen LogP contribution is 2.19. The number of hydrogen-bond acceptors (Lipinski definition) is 3. The van der Waals surface area contributed by atoms with Crippen LogP contribution in [0.2, 0.25) is 0 Å². The second kappa shape index (κ2) is 5.58. The molecule has 0 radical (unpaired) electrons. The molecule has 13 heavy (non-hydrogen) atoms. The predicted molar refractivity (Wildman–Crippen MR) is 55.0 cm³/mol. The van der Waals surface area contributed by atoms with E-state index in [0.29, 0.717) is 6.04 Å². The molecule has 0 aromatic rings. The van der Waals surface area contributed by atoms with Crippen molar-refractivity contribution in [2.75, 3.05) is 33.9 Å². The summed E-state index contributed by atoms with van der Waals surface area (Å²) in [4.78, 5) is 2.56. The van der Waals surface area contributed by atoms with Crippen molar-refractivity contribution in [3.63, 3.8) is 0 Å². The molecule has 0 amide bonds. The van der Waals surface area contributed by atoms with Crippen LogP contribution < -0.4 is 5.32 Å². The lowest BCUT2D eigenvalue weighted by Gasteiger charge is -2.30. The van der Waals surface area contributed by atoms with Gasteiger partial charge in [0.15, 0.2) is 0 Å². The monoisotopic (exact) mass is 186 g/mol. The third-order valence-electron chi connectivity index (χ3n) is 2.84. The first-order chi connectivity index (χ1) is 6.29. The van der Waals surface area contributed by atoms with Crippen LogP contribution in [0, 0.1) is 0 Å². The maximum absolute atomic E-state index is 5.18. The van der Waals surface area contributed by atoms with Crippen molar-refractivity contribution in [2.24, 2.45) is 0 Å². The van der Waals surface area contributed by atoms with E-state index in [0.717, 1.165) is 19.2 Å². The number of likely N-dealkylation sites (N-methyl/N-ethyl adjacent to an activating group) is 1. The number of nitrogens with one attached hydrogen (secondary N) is 1. The summed E-state index contributed by atoms with van der Waals surface area (Å²) in [6.45, 7) is 5.43. The Morgan fingerprint density at radius 1 is 1.62 bits per heavy atom. The third kappa shape index (κ3) is 2.93. The Balaban J connectivity index is 2.37. The van der Waals surface area contributed by atoms with E-state index >= 15 is 0 Å². The molecule has 0 bridgehead atoms. The summed E-state index contributed by atoms with van der Waals surface area (Å²) in [5.74, 6) is 0. The van der Waals surface area contributed by atoms with E-state index in [-0.39, 0.29) is 0 Å². The molecule has 2 unspecified atom stereocenters. The zero-order chi connectivity index (χ0) is 9.68. The fraction of sp³-hybridized carbons (Fsp3) is 1.00. The highest BCUT2D eigenvalue weighted by atomic mass is 16.5. The molecule has 2 atom stereocenters. The first-order valence-corrected chi connectivity index (χ1v) is 5.19. The van der Waals surface area contributed by atoms with Gasteiger partial charge < -0.3 is 10.1 Å². The summed E-state index contributed by atoms with van der Waals surface area (Å²) in [6, 6.07) is 1.28. The molecule has 3 nitrogen and oxygen atoms in total. The molecule has 1 heterocycles. The highest BCUT2D eigenvalue weighted by Gasteiger charge is 2.27. The Bertz CT molecular complexity index is 141. The zero-order valence-corrected chi connectivity index (χ0v) is 9.05. The number of hydrogen-bond donors (Lipinski definition) is 1. The SMILES string of the molecule is CNCC1CCCN1C(C)COC. The first-order valence-electron chi connectivity index (χ1n) is 5.19. The fourth-order valence-electron chi connectivity index (χ4n) is 2.23. The first kappa shape index (κ1) is 11.0. The number of methoxy groups -OCH3 is 1. The fourth-order valence-corrected chi connectivity index (χ4v) is 2.23. The van der Waals surface area contributed by atoms with Gasteiger partial charge >= 0.3 is 0 Å². The van der Waals surface area contributed by atoms with Gasteiger partial charge in [-0.15, -0.1) is 0 Å². The molecule has 1 rings (SSSR count). The molecule has 1 saturated heterocycles. The lowest BCUT2D eigenvalue weighted by atomic mass is 10.2. The molecule has 0 aromatic carbocycles. The standard InChI is InChI=1S/C10H22N2O/c1-9(8-13-3)12-6-4-5-10(12)7-11-2/h9-11H,4-8H2,1-3H3. The molecule has 0 spiro atoms. The minimum atomic E-state index is 0.561. The van der Waals surface area contributed by atoms with Gasteiger partial charge in [0.2, 0.25) is 0 Å². The van der Waals surface area contributed by atoms with E-state index in [4.69, 9.17) is 4.74 Å². The topological polar surface area (TPSA) is 24.5 Å². The van der Waals surface area contributed by atoms with Gasteiger partial charge in [-0.2, -0.15) is 0 Å². The van der Waals surface area contributed by atoms with E-state index in [1.54, 1.807) is 7.11 Å². The van der Waals surface area contributed by atoms with Crippen molar-refractivity contribution in [3.05, 3.63) is 0 Å². The second-order valence-corrected chi connectivity index (χ2v) is 3.90. The van der Waals surface area contributed by atoms with Crippen LogP contribution in [0.4, 0.5) is 0 Å². The van der Waals surface area contributed by atoms with Gasteiger partial charge in [0.1, 0.15) is 0 Å². The summed E-state index contributed by atoms with van der Waals surface area (Å²) >= 11 is 0. The Labute approximate surface area is 81.4 Å². The molecule has 1 fully saturated rings. The van der Waals surface area contributed by atoms with Crippen molar-refractivity contribution in [1.29, 1.82) is 0 Å². The van der Waals surface area contributed by atoms with Crippen LogP contribution in [0.1, 0.15) is 19.8 Å². The largest absolute Gasteiger partial charge is 0.383 e. The smallest absolute Gasteiger partial charge is 0.0615 e. The van der Waals surface area contributed by atoms with Gasteiger partial charge in [0.25, 0.3) is 0 Å². The van der Waals surface area contributed by atoms with Gasteiger partial charge in [0.05, 0.1) is 6.61 Å². The minimum Gasteiger partial charge on any atom is -0.383 e. The minimum absolute atomic E-state index is 0.561. The van der Waals surface area contributed by atoms with E-state index in [2.05, 4.69) is 17.1 Å². The van der Waals surface area contributed by atoms with Gasteiger partial charge in [-0.1, -0.05) is 0 Å². The van der Waals surface area contributed by atoms with Crippen molar-refractivity contribution in [1.82, 2.24) is 10.2 Å². The van der Waals surface area contributed by atoms with E-state index in [1.807, 2.05) is 7.05 Å². The van der Waals surface area contributed by atoms with Crippen LogP contribution in [0.15, 0.2) is 0 Å². The van der Waals surface area contributed by atoms with Gasteiger partial charge in [-0.3, -0.25) is 4.90 Å². The van der Waals surface area contributed by atoms with E-state index in [9.17, 15) is 0 Å². The number of likely N-dealkylation sites (tertiary alicyclic amines) is 1. The quantitative estimate of drug-likeness (QED) is 0.684. The van der Waals surface area contributed by atoms with Crippen molar-refractivity contribution >= 4 is 0 Å². The van der Waals surface area contributed by atoms with Crippen LogP contribution in [0.25, 0.3) is 0 Å². The van der Waals surface area contributed by atoms with Gasteiger partial charge in [0, 0.05) is 25.7 Å².